The van der Waals surface area contributed by atoms with E-state index in [1.807, 2.05) is 12.1 Å². The summed E-state index contributed by atoms with van der Waals surface area (Å²) in [4.78, 5) is 23.3. The average Bonchev–Trinajstić information content (AvgIpc) is 2.38. The summed E-state index contributed by atoms with van der Waals surface area (Å²) in [6.07, 6.45) is 2.44. The highest BCUT2D eigenvalue weighted by molar-refractivity contribution is 5.97. The first-order chi connectivity index (χ1) is 8.70. The lowest BCUT2D eigenvalue weighted by molar-refractivity contribution is -0.146. The Labute approximate surface area is 107 Å². The first-order valence-electron chi connectivity index (χ1n) is 6.45. The fraction of sp³-hybridized carbons (Fsp3) is 0.467. The van der Waals surface area contributed by atoms with Crippen LogP contribution in [0.25, 0.3) is 0 Å². The minimum absolute atomic E-state index is 0.0166. The van der Waals surface area contributed by atoms with E-state index >= 15 is 0 Å². The Balaban J connectivity index is 1.96. The number of fused-ring (bicyclic) bond motifs is 1. The lowest BCUT2D eigenvalue weighted by atomic mass is 9.81. The molecule has 0 unspecified atom stereocenters. The number of ether oxygens (including phenoxy) is 1. The Morgan fingerprint density at radius 2 is 2.00 bits per heavy atom. The van der Waals surface area contributed by atoms with Gasteiger partial charge in [0.05, 0.1) is 6.61 Å². The predicted octanol–water partition coefficient (Wildman–Crippen LogP) is 2.31. The van der Waals surface area contributed by atoms with Gasteiger partial charge in [0.15, 0.2) is 0 Å². The molecule has 1 atom stereocenters. The number of aryl methyl sites for hydroxylation is 1. The first-order valence-corrected chi connectivity index (χ1v) is 6.45. The number of carbonyl (C=O) groups is 2. The maximum atomic E-state index is 12.0. The number of rotatable bonds is 4. The Hall–Kier alpha value is -1.64. The Kier molecular flexibility index (Phi) is 4.13. The molecule has 0 amide bonds. The zero-order valence-corrected chi connectivity index (χ0v) is 10.6. The van der Waals surface area contributed by atoms with Gasteiger partial charge in [-0.05, 0) is 37.3 Å². The van der Waals surface area contributed by atoms with Crippen LogP contribution in [-0.2, 0) is 27.2 Å². The predicted molar refractivity (Wildman–Crippen MR) is 68.2 cm³/mol. The molecule has 1 aromatic carbocycles. The molecule has 0 aliphatic heterocycles. The summed E-state index contributed by atoms with van der Waals surface area (Å²) < 4.78 is 4.81. The van der Waals surface area contributed by atoms with Gasteiger partial charge in [-0.15, -0.1) is 0 Å². The van der Waals surface area contributed by atoms with Gasteiger partial charge in [-0.25, -0.2) is 0 Å². The van der Waals surface area contributed by atoms with Gasteiger partial charge in [0.1, 0.15) is 12.2 Å². The molecule has 0 heterocycles. The molecule has 1 aromatic rings. The fourth-order valence-corrected chi connectivity index (χ4v) is 2.47. The number of Topliss-reactive ketones (excluding diaryl/α,β-unsaturated/α-hetero) is 1. The summed E-state index contributed by atoms with van der Waals surface area (Å²) in [7, 11) is 0. The van der Waals surface area contributed by atoms with Crippen LogP contribution in [-0.4, -0.2) is 18.4 Å². The smallest absolute Gasteiger partial charge is 0.313 e. The molecule has 1 aliphatic rings. The van der Waals surface area contributed by atoms with Gasteiger partial charge < -0.3 is 4.74 Å². The van der Waals surface area contributed by atoms with Crippen molar-refractivity contribution in [3.8, 4) is 0 Å². The van der Waals surface area contributed by atoms with Crippen molar-refractivity contribution in [1.82, 2.24) is 0 Å². The molecule has 0 spiro atoms. The second kappa shape index (κ2) is 5.80. The number of ketones is 1. The van der Waals surface area contributed by atoms with Gasteiger partial charge in [-0.1, -0.05) is 24.3 Å². The normalized spacial score (nSPS) is 17.9. The Bertz CT molecular complexity index is 451. The molecule has 0 saturated heterocycles. The van der Waals surface area contributed by atoms with Crippen LogP contribution < -0.4 is 0 Å². The molecular formula is C15H18O3. The van der Waals surface area contributed by atoms with Crippen molar-refractivity contribution in [3.63, 3.8) is 0 Å². The Morgan fingerprint density at radius 3 is 2.72 bits per heavy atom. The number of esters is 1. The molecule has 0 saturated carbocycles. The third-order valence-corrected chi connectivity index (χ3v) is 3.43. The highest BCUT2D eigenvalue weighted by atomic mass is 16.5. The van der Waals surface area contributed by atoms with Crippen molar-refractivity contribution < 1.29 is 14.3 Å². The quantitative estimate of drug-likeness (QED) is 0.605. The highest BCUT2D eigenvalue weighted by Crippen LogP contribution is 2.26. The highest BCUT2D eigenvalue weighted by Gasteiger charge is 2.25. The van der Waals surface area contributed by atoms with E-state index in [4.69, 9.17) is 4.74 Å². The fourth-order valence-electron chi connectivity index (χ4n) is 2.47. The van der Waals surface area contributed by atoms with Gasteiger partial charge in [0, 0.05) is 5.92 Å². The van der Waals surface area contributed by atoms with Crippen LogP contribution >= 0.6 is 0 Å². The second-order valence-electron chi connectivity index (χ2n) is 4.66. The molecule has 0 N–H and O–H groups in total. The number of benzene rings is 1. The monoisotopic (exact) mass is 246 g/mol. The topological polar surface area (TPSA) is 43.4 Å². The summed E-state index contributed by atoms with van der Waals surface area (Å²) in [5, 5.41) is 0. The van der Waals surface area contributed by atoms with E-state index in [2.05, 4.69) is 12.1 Å². The van der Waals surface area contributed by atoms with E-state index in [0.717, 1.165) is 19.3 Å². The zero-order valence-electron chi connectivity index (χ0n) is 10.6. The van der Waals surface area contributed by atoms with Crippen molar-refractivity contribution in [2.45, 2.75) is 32.6 Å². The van der Waals surface area contributed by atoms with Crippen LogP contribution in [0.15, 0.2) is 24.3 Å². The molecule has 2 rings (SSSR count). The average molecular weight is 246 g/mol. The molecule has 0 aromatic heterocycles. The lowest BCUT2D eigenvalue weighted by Crippen LogP contribution is -2.25. The summed E-state index contributed by atoms with van der Waals surface area (Å²) in [6, 6.07) is 8.21. The van der Waals surface area contributed by atoms with Crippen LogP contribution in [0.1, 0.15) is 30.9 Å². The third kappa shape index (κ3) is 2.97. The van der Waals surface area contributed by atoms with E-state index in [9.17, 15) is 9.59 Å². The second-order valence-corrected chi connectivity index (χ2v) is 4.66. The molecule has 96 valence electrons. The van der Waals surface area contributed by atoms with E-state index in [-0.39, 0.29) is 18.1 Å². The molecule has 3 nitrogen and oxygen atoms in total. The van der Waals surface area contributed by atoms with Crippen molar-refractivity contribution in [2.75, 3.05) is 6.61 Å². The SMILES string of the molecule is CCOC(=O)CC(=O)[C@H]1CCc2ccccc2C1. The van der Waals surface area contributed by atoms with Crippen LogP contribution in [0, 0.1) is 5.92 Å². The molecule has 0 bridgehead atoms. The van der Waals surface area contributed by atoms with Gasteiger partial charge in [0.25, 0.3) is 0 Å². The lowest BCUT2D eigenvalue weighted by Gasteiger charge is -2.23. The van der Waals surface area contributed by atoms with Gasteiger partial charge in [0.2, 0.25) is 0 Å². The standard InChI is InChI=1S/C15H18O3/c1-2-18-15(17)10-14(16)13-8-7-11-5-3-4-6-12(11)9-13/h3-6,13H,2,7-10H2,1H3/t13-/m0/s1. The van der Waals surface area contributed by atoms with Crippen molar-refractivity contribution >= 4 is 11.8 Å². The minimum atomic E-state index is -0.402. The molecule has 0 radical (unpaired) electrons. The van der Waals surface area contributed by atoms with Crippen molar-refractivity contribution in [2.24, 2.45) is 5.92 Å². The summed E-state index contributed by atoms with van der Waals surface area (Å²) >= 11 is 0. The summed E-state index contributed by atoms with van der Waals surface area (Å²) in [6.45, 7) is 2.08. The minimum Gasteiger partial charge on any atom is -0.466 e. The molecular weight excluding hydrogens is 228 g/mol. The van der Waals surface area contributed by atoms with E-state index < -0.39 is 5.97 Å². The first kappa shape index (κ1) is 12.8. The largest absolute Gasteiger partial charge is 0.466 e. The van der Waals surface area contributed by atoms with Crippen LogP contribution in [0.5, 0.6) is 0 Å². The molecule has 0 fully saturated rings. The Morgan fingerprint density at radius 1 is 1.28 bits per heavy atom. The number of hydrogen-bond donors (Lipinski definition) is 0. The summed E-state index contributed by atoms with van der Waals surface area (Å²) in [5.74, 6) is -0.409. The maximum Gasteiger partial charge on any atom is 0.313 e. The molecule has 3 heteroatoms. The van der Waals surface area contributed by atoms with E-state index in [0.29, 0.717) is 6.61 Å². The van der Waals surface area contributed by atoms with Crippen molar-refractivity contribution in [1.29, 1.82) is 0 Å². The zero-order chi connectivity index (χ0) is 13.0. The van der Waals surface area contributed by atoms with Gasteiger partial charge in [-0.2, -0.15) is 0 Å². The van der Waals surface area contributed by atoms with E-state index in [1.54, 1.807) is 6.92 Å². The molecule has 18 heavy (non-hydrogen) atoms. The maximum absolute atomic E-state index is 12.0. The summed E-state index contributed by atoms with van der Waals surface area (Å²) in [5.41, 5.74) is 2.57. The molecule has 1 aliphatic carbocycles. The van der Waals surface area contributed by atoms with Gasteiger partial charge in [-0.3, -0.25) is 9.59 Å². The van der Waals surface area contributed by atoms with Crippen LogP contribution in [0.2, 0.25) is 0 Å². The van der Waals surface area contributed by atoms with Crippen molar-refractivity contribution in [3.05, 3.63) is 35.4 Å². The van der Waals surface area contributed by atoms with Crippen LogP contribution in [0.4, 0.5) is 0 Å². The number of carbonyl (C=O) groups excluding carboxylic acids is 2. The van der Waals surface area contributed by atoms with Crippen LogP contribution in [0.3, 0.4) is 0 Å². The van der Waals surface area contributed by atoms with Gasteiger partial charge >= 0.3 is 5.97 Å². The number of hydrogen-bond acceptors (Lipinski definition) is 3. The van der Waals surface area contributed by atoms with E-state index in [1.165, 1.54) is 11.1 Å². The third-order valence-electron chi connectivity index (χ3n) is 3.43.